The number of carbonyl (C=O) groups excluding carboxylic acids is 2. The largest absolute Gasteiger partial charge is 0.480 e. The lowest BCUT2D eigenvalue weighted by atomic mass is 10.0. The van der Waals surface area contributed by atoms with Crippen LogP contribution in [-0.2, 0) is 9.59 Å². The first-order valence-corrected chi connectivity index (χ1v) is 9.54. The molecule has 1 saturated heterocycles. The molecule has 0 aromatic heterocycles. The minimum atomic E-state index is -0.949. The SMILES string of the molecule is CCCCNC(=O)c1cccc([C@@H](C(=O)O)N2CCCN(C(C)=O)CC2)c1. The molecule has 1 aliphatic rings. The number of unbranched alkanes of at least 4 members (excludes halogenated alkanes) is 1. The van der Waals surface area contributed by atoms with Crippen molar-refractivity contribution >= 4 is 17.8 Å². The number of nitrogens with zero attached hydrogens (tertiary/aromatic N) is 2. The minimum Gasteiger partial charge on any atom is -0.480 e. The number of amides is 2. The average molecular weight is 375 g/mol. The molecule has 148 valence electrons. The van der Waals surface area contributed by atoms with Crippen LogP contribution in [0.3, 0.4) is 0 Å². The Balaban J connectivity index is 2.16. The molecule has 1 atom stereocenters. The Labute approximate surface area is 160 Å². The molecule has 0 unspecified atom stereocenters. The lowest BCUT2D eigenvalue weighted by Crippen LogP contribution is -2.38. The summed E-state index contributed by atoms with van der Waals surface area (Å²) in [5.41, 5.74) is 1.05. The van der Waals surface area contributed by atoms with Gasteiger partial charge in [-0.25, -0.2) is 0 Å². The molecule has 1 aromatic carbocycles. The van der Waals surface area contributed by atoms with Crippen molar-refractivity contribution in [3.8, 4) is 0 Å². The van der Waals surface area contributed by atoms with Crippen molar-refractivity contribution in [1.29, 1.82) is 0 Å². The zero-order valence-corrected chi connectivity index (χ0v) is 16.1. The van der Waals surface area contributed by atoms with Crippen LogP contribution < -0.4 is 5.32 Å². The van der Waals surface area contributed by atoms with Gasteiger partial charge in [-0.2, -0.15) is 0 Å². The first-order valence-electron chi connectivity index (χ1n) is 9.54. The second-order valence-electron chi connectivity index (χ2n) is 6.87. The van der Waals surface area contributed by atoms with Gasteiger partial charge in [-0.05, 0) is 30.5 Å². The van der Waals surface area contributed by atoms with Gasteiger partial charge in [0.05, 0.1) is 0 Å². The van der Waals surface area contributed by atoms with Crippen LogP contribution in [0.5, 0.6) is 0 Å². The Kier molecular flexibility index (Phi) is 7.79. The molecular weight excluding hydrogens is 346 g/mol. The maximum Gasteiger partial charge on any atom is 0.325 e. The fourth-order valence-corrected chi connectivity index (χ4v) is 3.35. The van der Waals surface area contributed by atoms with Crippen LogP contribution in [0.25, 0.3) is 0 Å². The van der Waals surface area contributed by atoms with E-state index in [0.29, 0.717) is 43.9 Å². The maximum absolute atomic E-state index is 12.3. The Morgan fingerprint density at radius 2 is 1.96 bits per heavy atom. The van der Waals surface area contributed by atoms with Gasteiger partial charge in [0.1, 0.15) is 6.04 Å². The van der Waals surface area contributed by atoms with E-state index in [2.05, 4.69) is 12.2 Å². The maximum atomic E-state index is 12.3. The number of carboxylic acids is 1. The first-order chi connectivity index (χ1) is 12.9. The number of benzene rings is 1. The predicted molar refractivity (Wildman–Crippen MR) is 103 cm³/mol. The molecule has 0 radical (unpaired) electrons. The number of rotatable bonds is 7. The molecule has 1 fully saturated rings. The van der Waals surface area contributed by atoms with E-state index in [4.69, 9.17) is 0 Å². The van der Waals surface area contributed by atoms with E-state index in [1.54, 1.807) is 29.2 Å². The summed E-state index contributed by atoms with van der Waals surface area (Å²) in [6.45, 7) is 6.42. The second-order valence-corrected chi connectivity index (χ2v) is 6.87. The van der Waals surface area contributed by atoms with E-state index in [9.17, 15) is 19.5 Å². The molecule has 1 aromatic rings. The second kappa shape index (κ2) is 10.1. The molecule has 2 rings (SSSR count). The quantitative estimate of drug-likeness (QED) is 0.711. The first kappa shape index (κ1) is 20.9. The minimum absolute atomic E-state index is 0.00877. The number of nitrogens with one attached hydrogen (secondary N) is 1. The van der Waals surface area contributed by atoms with Crippen molar-refractivity contribution < 1.29 is 19.5 Å². The lowest BCUT2D eigenvalue weighted by Gasteiger charge is -2.28. The normalized spacial score (nSPS) is 16.4. The van der Waals surface area contributed by atoms with E-state index in [-0.39, 0.29) is 11.8 Å². The molecule has 7 nitrogen and oxygen atoms in total. The van der Waals surface area contributed by atoms with Crippen molar-refractivity contribution in [2.45, 2.75) is 39.2 Å². The Bertz CT molecular complexity index is 677. The number of hydrogen-bond acceptors (Lipinski definition) is 4. The summed E-state index contributed by atoms with van der Waals surface area (Å²) in [6.07, 6.45) is 2.62. The van der Waals surface area contributed by atoms with Crippen LogP contribution in [0.15, 0.2) is 24.3 Å². The number of carbonyl (C=O) groups is 3. The molecule has 0 bridgehead atoms. The predicted octanol–water partition coefficient (Wildman–Crippen LogP) is 1.90. The molecule has 27 heavy (non-hydrogen) atoms. The van der Waals surface area contributed by atoms with Gasteiger partial charge in [-0.1, -0.05) is 25.5 Å². The lowest BCUT2D eigenvalue weighted by molar-refractivity contribution is -0.143. The smallest absolute Gasteiger partial charge is 0.325 e. The van der Waals surface area contributed by atoms with Gasteiger partial charge in [0.15, 0.2) is 0 Å². The number of hydrogen-bond donors (Lipinski definition) is 2. The van der Waals surface area contributed by atoms with E-state index in [1.807, 2.05) is 4.90 Å². The van der Waals surface area contributed by atoms with Crippen molar-refractivity contribution in [1.82, 2.24) is 15.1 Å². The van der Waals surface area contributed by atoms with Crippen LogP contribution in [0.2, 0.25) is 0 Å². The van der Waals surface area contributed by atoms with Gasteiger partial charge >= 0.3 is 5.97 Å². The van der Waals surface area contributed by atoms with Crippen LogP contribution in [0, 0.1) is 0 Å². The van der Waals surface area contributed by atoms with Gasteiger partial charge in [0.2, 0.25) is 5.91 Å². The Morgan fingerprint density at radius 3 is 2.63 bits per heavy atom. The Morgan fingerprint density at radius 1 is 1.19 bits per heavy atom. The highest BCUT2D eigenvalue weighted by Gasteiger charge is 2.30. The standard InChI is InChI=1S/C20H29N3O4/c1-3-4-9-21-19(25)17-8-5-7-16(14-17)18(20(26)27)23-11-6-10-22(12-13-23)15(2)24/h5,7-8,14,18H,3-4,6,9-13H2,1-2H3,(H,21,25)(H,26,27)/t18-/m0/s1. The fraction of sp³-hybridized carbons (Fsp3) is 0.550. The molecule has 2 amide bonds. The van der Waals surface area contributed by atoms with Gasteiger partial charge in [0.25, 0.3) is 5.91 Å². The topological polar surface area (TPSA) is 89.9 Å². The fourth-order valence-electron chi connectivity index (χ4n) is 3.35. The summed E-state index contributed by atoms with van der Waals surface area (Å²) >= 11 is 0. The van der Waals surface area contributed by atoms with Crippen molar-refractivity contribution in [2.75, 3.05) is 32.7 Å². The summed E-state index contributed by atoms with van der Waals surface area (Å²) in [6, 6.07) is 5.99. The van der Waals surface area contributed by atoms with Crippen molar-refractivity contribution in [2.24, 2.45) is 0 Å². The third kappa shape index (κ3) is 5.79. The zero-order valence-electron chi connectivity index (χ0n) is 16.1. The molecule has 1 heterocycles. The van der Waals surface area contributed by atoms with Crippen molar-refractivity contribution in [3.63, 3.8) is 0 Å². The van der Waals surface area contributed by atoms with E-state index in [0.717, 1.165) is 19.3 Å². The molecule has 0 spiro atoms. The zero-order chi connectivity index (χ0) is 19.8. The summed E-state index contributed by atoms with van der Waals surface area (Å²) in [4.78, 5) is 39.5. The molecule has 2 N–H and O–H groups in total. The monoisotopic (exact) mass is 375 g/mol. The highest BCUT2D eigenvalue weighted by Crippen LogP contribution is 2.24. The van der Waals surface area contributed by atoms with Gasteiger partial charge in [-0.3, -0.25) is 19.3 Å². The average Bonchev–Trinajstić information content (AvgIpc) is 2.88. The van der Waals surface area contributed by atoms with Gasteiger partial charge in [-0.15, -0.1) is 0 Å². The van der Waals surface area contributed by atoms with Crippen LogP contribution in [0.1, 0.15) is 55.1 Å². The number of aliphatic carboxylic acids is 1. The summed E-state index contributed by atoms with van der Waals surface area (Å²) in [5.74, 6) is -1.13. The number of carboxylic acid groups (broad SMARTS) is 1. The van der Waals surface area contributed by atoms with Gasteiger partial charge < -0.3 is 15.3 Å². The molecule has 0 aliphatic carbocycles. The molecule has 7 heteroatoms. The third-order valence-corrected chi connectivity index (χ3v) is 4.86. The third-order valence-electron chi connectivity index (χ3n) is 4.86. The van der Waals surface area contributed by atoms with E-state index < -0.39 is 12.0 Å². The molecule has 1 aliphatic heterocycles. The van der Waals surface area contributed by atoms with Crippen LogP contribution >= 0.6 is 0 Å². The van der Waals surface area contributed by atoms with Crippen LogP contribution in [0.4, 0.5) is 0 Å². The van der Waals surface area contributed by atoms with Gasteiger partial charge in [0, 0.05) is 45.2 Å². The molecular formula is C20H29N3O4. The van der Waals surface area contributed by atoms with E-state index in [1.165, 1.54) is 6.92 Å². The highest BCUT2D eigenvalue weighted by molar-refractivity contribution is 5.94. The van der Waals surface area contributed by atoms with E-state index >= 15 is 0 Å². The molecule has 0 saturated carbocycles. The Hall–Kier alpha value is -2.41. The highest BCUT2D eigenvalue weighted by atomic mass is 16.4. The van der Waals surface area contributed by atoms with Crippen molar-refractivity contribution in [3.05, 3.63) is 35.4 Å². The van der Waals surface area contributed by atoms with Crippen LogP contribution in [-0.4, -0.2) is 65.4 Å². The summed E-state index contributed by atoms with van der Waals surface area (Å²) in [7, 11) is 0. The summed E-state index contributed by atoms with van der Waals surface area (Å²) < 4.78 is 0. The summed E-state index contributed by atoms with van der Waals surface area (Å²) in [5, 5.41) is 12.7.